The summed E-state index contributed by atoms with van der Waals surface area (Å²) >= 11 is 5.11. The van der Waals surface area contributed by atoms with Gasteiger partial charge < -0.3 is 5.73 Å². The minimum Gasteiger partial charge on any atom is -0.383 e. The van der Waals surface area contributed by atoms with Crippen molar-refractivity contribution in [1.82, 2.24) is 0 Å². The second kappa shape index (κ2) is 6.25. The molecular formula is C15H15N3S3. The van der Waals surface area contributed by atoms with E-state index in [9.17, 15) is 0 Å². The number of hydrogen-bond donors (Lipinski definition) is 2. The van der Waals surface area contributed by atoms with Gasteiger partial charge >= 0.3 is 0 Å². The Morgan fingerprint density at radius 2 is 2.14 bits per heavy atom. The molecule has 1 unspecified atom stereocenters. The summed E-state index contributed by atoms with van der Waals surface area (Å²) in [6.45, 7) is 0. The minimum absolute atomic E-state index is 0.132. The van der Waals surface area contributed by atoms with Crippen LogP contribution in [0.15, 0.2) is 45.6 Å². The summed E-state index contributed by atoms with van der Waals surface area (Å²) in [7, 11) is 0. The molecule has 108 valence electrons. The molecule has 0 aliphatic carbocycles. The second-order valence-corrected chi connectivity index (χ2v) is 7.78. The van der Waals surface area contributed by atoms with Gasteiger partial charge in [-0.15, -0.1) is 34.9 Å². The lowest BCUT2D eigenvalue weighted by Crippen LogP contribution is -2.08. The molecule has 0 amide bonds. The largest absolute Gasteiger partial charge is 0.383 e. The first-order valence-electron chi connectivity index (χ1n) is 6.45. The summed E-state index contributed by atoms with van der Waals surface area (Å²) in [5.41, 5.74) is 9.10. The van der Waals surface area contributed by atoms with E-state index < -0.39 is 0 Å². The van der Waals surface area contributed by atoms with E-state index in [1.165, 1.54) is 9.77 Å². The van der Waals surface area contributed by atoms with Crippen LogP contribution < -0.4 is 5.73 Å². The van der Waals surface area contributed by atoms with Crippen LogP contribution in [0.25, 0.3) is 0 Å². The highest BCUT2D eigenvalue weighted by atomic mass is 32.2. The summed E-state index contributed by atoms with van der Waals surface area (Å²) in [4.78, 5) is 5.70. The number of hydrogen-bond acceptors (Lipinski definition) is 5. The van der Waals surface area contributed by atoms with E-state index in [2.05, 4.69) is 30.5 Å². The Morgan fingerprint density at radius 1 is 1.38 bits per heavy atom. The number of nitrogens with zero attached hydrogens (tertiary/aromatic N) is 1. The van der Waals surface area contributed by atoms with E-state index in [-0.39, 0.29) is 11.2 Å². The molecule has 3 N–H and O–H groups in total. The minimum atomic E-state index is 0.132. The van der Waals surface area contributed by atoms with Crippen molar-refractivity contribution in [2.75, 3.05) is 12.0 Å². The van der Waals surface area contributed by atoms with Gasteiger partial charge in [0, 0.05) is 11.3 Å². The smallest absolute Gasteiger partial charge is 0.133 e. The van der Waals surface area contributed by atoms with Gasteiger partial charge in [-0.3, -0.25) is 10.4 Å². The third-order valence-corrected chi connectivity index (χ3v) is 6.63. The van der Waals surface area contributed by atoms with Crippen molar-refractivity contribution >= 4 is 46.4 Å². The van der Waals surface area contributed by atoms with Crippen LogP contribution in [-0.2, 0) is 0 Å². The Kier molecular flexibility index (Phi) is 4.37. The van der Waals surface area contributed by atoms with E-state index in [1.807, 2.05) is 23.9 Å². The van der Waals surface area contributed by atoms with Crippen LogP contribution in [0.1, 0.15) is 21.4 Å². The van der Waals surface area contributed by atoms with Gasteiger partial charge in [-0.1, -0.05) is 30.3 Å². The molecule has 1 aromatic carbocycles. The normalized spacial score (nSPS) is 17.8. The number of nitrogens with one attached hydrogen (secondary N) is 1. The lowest BCUT2D eigenvalue weighted by atomic mass is 10.2. The van der Waals surface area contributed by atoms with Crippen LogP contribution in [-0.4, -0.2) is 23.6 Å². The topological polar surface area (TPSA) is 62.2 Å². The van der Waals surface area contributed by atoms with Gasteiger partial charge in [0.25, 0.3) is 0 Å². The number of amidine groups is 1. The quantitative estimate of drug-likeness (QED) is 0.505. The zero-order valence-corrected chi connectivity index (χ0v) is 13.9. The van der Waals surface area contributed by atoms with Crippen LogP contribution in [0.3, 0.4) is 0 Å². The maximum Gasteiger partial charge on any atom is 0.133 e. The Hall–Kier alpha value is -1.24. The molecule has 0 saturated carbocycles. The first-order chi connectivity index (χ1) is 10.2. The maximum absolute atomic E-state index is 7.60. The lowest BCUT2D eigenvalue weighted by Gasteiger charge is -2.04. The average molecular weight is 334 g/mol. The molecule has 21 heavy (non-hydrogen) atoms. The number of aliphatic imine (C=N–C) groups is 1. The maximum atomic E-state index is 7.60. The SMILES string of the molecule is CSc1sc(C(=N)N)cc1C1=NC(c2ccccc2)SC1. The molecule has 1 aliphatic rings. The first-order valence-corrected chi connectivity index (χ1v) is 9.54. The van der Waals surface area contributed by atoms with Gasteiger partial charge in [0.2, 0.25) is 0 Å². The molecule has 6 heteroatoms. The highest BCUT2D eigenvalue weighted by molar-refractivity contribution is 8.01. The zero-order valence-electron chi connectivity index (χ0n) is 11.5. The molecule has 1 aliphatic heterocycles. The van der Waals surface area contributed by atoms with Crippen LogP contribution in [0.5, 0.6) is 0 Å². The van der Waals surface area contributed by atoms with E-state index >= 15 is 0 Å². The van der Waals surface area contributed by atoms with Crippen LogP contribution in [0, 0.1) is 5.41 Å². The number of thioether (sulfide) groups is 2. The molecule has 2 aromatic rings. The molecule has 0 fully saturated rings. The average Bonchev–Trinajstić information content (AvgIpc) is 3.14. The van der Waals surface area contributed by atoms with Crippen LogP contribution >= 0.6 is 34.9 Å². The highest BCUT2D eigenvalue weighted by Gasteiger charge is 2.24. The Balaban J connectivity index is 1.93. The van der Waals surface area contributed by atoms with Crippen molar-refractivity contribution in [3.05, 3.63) is 52.4 Å². The lowest BCUT2D eigenvalue weighted by molar-refractivity contribution is 1.05. The predicted octanol–water partition coefficient (Wildman–Crippen LogP) is 3.99. The fourth-order valence-electron chi connectivity index (χ4n) is 2.17. The third kappa shape index (κ3) is 3.02. The van der Waals surface area contributed by atoms with Crippen LogP contribution in [0.4, 0.5) is 0 Å². The van der Waals surface area contributed by atoms with Crippen LogP contribution in [0.2, 0.25) is 0 Å². The second-order valence-electron chi connectivity index (χ2n) is 4.58. The van der Waals surface area contributed by atoms with Gasteiger partial charge in [-0.05, 0) is 17.9 Å². The molecule has 1 atom stereocenters. The molecule has 2 heterocycles. The van der Waals surface area contributed by atoms with E-state index in [0.29, 0.717) is 0 Å². The summed E-state index contributed by atoms with van der Waals surface area (Å²) in [6.07, 6.45) is 2.05. The van der Waals surface area contributed by atoms with Gasteiger partial charge in [-0.2, -0.15) is 0 Å². The molecular weight excluding hydrogens is 318 g/mol. The summed E-state index contributed by atoms with van der Waals surface area (Å²) in [5, 5.41) is 7.78. The van der Waals surface area contributed by atoms with Crippen molar-refractivity contribution < 1.29 is 0 Å². The molecule has 3 rings (SSSR count). The zero-order chi connectivity index (χ0) is 14.8. The van der Waals surface area contributed by atoms with Gasteiger partial charge in [0.15, 0.2) is 0 Å². The summed E-state index contributed by atoms with van der Waals surface area (Å²) < 4.78 is 1.19. The molecule has 0 bridgehead atoms. The summed E-state index contributed by atoms with van der Waals surface area (Å²) in [6, 6.07) is 12.4. The number of nitrogen functional groups attached to an aromatic ring is 1. The van der Waals surface area contributed by atoms with E-state index in [1.54, 1.807) is 23.1 Å². The summed E-state index contributed by atoms with van der Waals surface area (Å²) in [5.74, 6) is 1.04. The standard InChI is InChI=1S/C15H15N3S3/c1-19-15-10(7-12(21-15)13(16)17)11-8-20-14(18-11)9-5-3-2-4-6-9/h2-7,14H,8H2,1H3,(H3,16,17). The highest BCUT2D eigenvalue weighted by Crippen LogP contribution is 2.40. The predicted molar refractivity (Wildman–Crippen MR) is 95.3 cm³/mol. The first kappa shape index (κ1) is 14.7. The third-order valence-electron chi connectivity index (χ3n) is 3.20. The molecule has 0 radical (unpaired) electrons. The van der Waals surface area contributed by atoms with Crippen molar-refractivity contribution in [3.8, 4) is 0 Å². The van der Waals surface area contributed by atoms with Crippen molar-refractivity contribution in [2.45, 2.75) is 9.58 Å². The number of rotatable bonds is 4. The fourth-order valence-corrected chi connectivity index (χ4v) is 5.04. The molecule has 0 spiro atoms. The van der Waals surface area contributed by atoms with E-state index in [0.717, 1.165) is 21.9 Å². The van der Waals surface area contributed by atoms with Gasteiger partial charge in [0.1, 0.15) is 11.2 Å². The monoisotopic (exact) mass is 333 g/mol. The molecule has 3 nitrogen and oxygen atoms in total. The van der Waals surface area contributed by atoms with Crippen molar-refractivity contribution in [3.63, 3.8) is 0 Å². The number of thiophene rings is 1. The molecule has 1 aromatic heterocycles. The Labute approximate surface area is 136 Å². The van der Waals surface area contributed by atoms with E-state index in [4.69, 9.17) is 16.1 Å². The number of benzene rings is 1. The number of nitrogens with two attached hydrogens (primary N) is 1. The van der Waals surface area contributed by atoms with Crippen molar-refractivity contribution in [2.24, 2.45) is 10.7 Å². The van der Waals surface area contributed by atoms with Crippen molar-refractivity contribution in [1.29, 1.82) is 5.41 Å². The fraction of sp³-hybridized carbons (Fsp3) is 0.200. The molecule has 0 saturated heterocycles. The Morgan fingerprint density at radius 3 is 2.81 bits per heavy atom. The Bertz CT molecular complexity index is 691. The van der Waals surface area contributed by atoms with Gasteiger partial charge in [0.05, 0.1) is 14.8 Å². The van der Waals surface area contributed by atoms with Gasteiger partial charge in [-0.25, -0.2) is 0 Å².